The van der Waals surface area contributed by atoms with Gasteiger partial charge < -0.3 is 0 Å². The van der Waals surface area contributed by atoms with Crippen molar-refractivity contribution < 1.29 is 0 Å². The van der Waals surface area contributed by atoms with Crippen LogP contribution in [0.1, 0.15) is 101 Å². The summed E-state index contributed by atoms with van der Waals surface area (Å²) in [6, 6.07) is 0. The van der Waals surface area contributed by atoms with E-state index in [-0.39, 0.29) is 16.7 Å². The van der Waals surface area contributed by atoms with Crippen molar-refractivity contribution in [3.05, 3.63) is 106 Å². The lowest BCUT2D eigenvalue weighted by Crippen LogP contribution is -2.19. The van der Waals surface area contributed by atoms with Crippen LogP contribution in [0, 0.1) is 40.4 Å². The number of hydrogen-bond acceptors (Lipinski definition) is 0. The van der Waals surface area contributed by atoms with Crippen molar-refractivity contribution in [3.8, 4) is 23.7 Å². The van der Waals surface area contributed by atoms with Gasteiger partial charge in [-0.15, -0.1) is 0 Å². The van der Waals surface area contributed by atoms with E-state index < -0.39 is 0 Å². The molecule has 0 aromatic carbocycles. The molecule has 0 bridgehead atoms. The van der Waals surface area contributed by atoms with E-state index in [2.05, 4.69) is 154 Å². The molecule has 2 aliphatic rings. The summed E-state index contributed by atoms with van der Waals surface area (Å²) >= 11 is 0. The van der Waals surface area contributed by atoms with E-state index in [9.17, 15) is 0 Å². The third-order valence-electron chi connectivity index (χ3n) is 7.81. The van der Waals surface area contributed by atoms with Crippen molar-refractivity contribution >= 4 is 0 Å². The average Bonchev–Trinajstić information content (AvgIpc) is 2.85. The third-order valence-corrected chi connectivity index (χ3v) is 7.81. The zero-order chi connectivity index (χ0) is 29.8. The van der Waals surface area contributed by atoms with Crippen LogP contribution in [-0.2, 0) is 0 Å². The van der Waals surface area contributed by atoms with Crippen LogP contribution in [0.25, 0.3) is 0 Å². The highest BCUT2D eigenvalue weighted by Gasteiger charge is 2.26. The van der Waals surface area contributed by atoms with Gasteiger partial charge in [-0.25, -0.2) is 0 Å². The maximum Gasteiger partial charge on any atom is 0.0299 e. The molecule has 0 heterocycles. The summed E-state index contributed by atoms with van der Waals surface area (Å²) in [7, 11) is 0. The third kappa shape index (κ3) is 11.1. The van der Waals surface area contributed by atoms with Crippen molar-refractivity contribution in [2.24, 2.45) is 16.7 Å². The first kappa shape index (κ1) is 33.0. The van der Waals surface area contributed by atoms with Gasteiger partial charge in [0.05, 0.1) is 0 Å². The van der Waals surface area contributed by atoms with Crippen molar-refractivity contribution in [1.29, 1.82) is 0 Å². The van der Waals surface area contributed by atoms with Crippen LogP contribution in [0.5, 0.6) is 0 Å². The Morgan fingerprint density at radius 2 is 1.75 bits per heavy atom. The van der Waals surface area contributed by atoms with Gasteiger partial charge in [-0.1, -0.05) is 136 Å². The molecule has 2 aliphatic carbocycles. The highest BCUT2D eigenvalue weighted by atomic mass is 14.3. The second-order valence-electron chi connectivity index (χ2n) is 12.9. The van der Waals surface area contributed by atoms with E-state index in [0.717, 1.165) is 18.4 Å². The first-order chi connectivity index (χ1) is 18.8. The molecular formula is C40H52. The molecule has 0 fully saturated rings. The molecule has 0 aromatic rings. The maximum absolute atomic E-state index is 3.37. The molecule has 0 aromatic heterocycles. The lowest BCUT2D eigenvalue weighted by molar-refractivity contribution is 0.377. The summed E-state index contributed by atoms with van der Waals surface area (Å²) in [6.07, 6.45) is 29.4. The van der Waals surface area contributed by atoms with E-state index in [1.807, 2.05) is 6.08 Å². The molecule has 40 heavy (non-hydrogen) atoms. The highest BCUT2D eigenvalue weighted by Crippen LogP contribution is 2.41. The predicted molar refractivity (Wildman–Crippen MR) is 179 cm³/mol. The van der Waals surface area contributed by atoms with Crippen LogP contribution in [0.2, 0.25) is 0 Å². The van der Waals surface area contributed by atoms with Gasteiger partial charge in [-0.2, -0.15) is 0 Å². The van der Waals surface area contributed by atoms with Crippen LogP contribution in [0.4, 0.5) is 0 Å². The zero-order valence-corrected chi connectivity index (χ0v) is 27.0. The van der Waals surface area contributed by atoms with Gasteiger partial charge in [0.1, 0.15) is 0 Å². The molecule has 0 heteroatoms. The largest absolute Gasteiger partial charge is 0.0989 e. The van der Waals surface area contributed by atoms with Crippen molar-refractivity contribution in [3.63, 3.8) is 0 Å². The molecule has 0 saturated heterocycles. The number of rotatable bonds is 7. The Bertz CT molecular complexity index is 1310. The second-order valence-corrected chi connectivity index (χ2v) is 12.9. The molecule has 0 aliphatic heterocycles. The lowest BCUT2D eigenvalue weighted by atomic mass is 9.72. The minimum Gasteiger partial charge on any atom is -0.0989 e. The van der Waals surface area contributed by atoms with E-state index in [1.54, 1.807) is 5.57 Å². The van der Waals surface area contributed by atoms with Crippen LogP contribution in [-0.4, -0.2) is 0 Å². The Labute approximate surface area is 247 Å². The number of hydrogen-bond donors (Lipinski definition) is 0. The summed E-state index contributed by atoms with van der Waals surface area (Å²) in [6.45, 7) is 22.3. The quantitative estimate of drug-likeness (QED) is 0.226. The average molecular weight is 533 g/mol. The minimum absolute atomic E-state index is 0.0767. The molecule has 0 saturated carbocycles. The molecule has 0 N–H and O–H groups in total. The Balaban J connectivity index is 1.84. The second kappa shape index (κ2) is 15.5. The van der Waals surface area contributed by atoms with Crippen molar-refractivity contribution in [1.82, 2.24) is 0 Å². The Morgan fingerprint density at radius 1 is 1.00 bits per heavy atom. The van der Waals surface area contributed by atoms with E-state index in [1.165, 1.54) is 47.1 Å². The normalized spacial score (nSPS) is 21.3. The van der Waals surface area contributed by atoms with Crippen molar-refractivity contribution in [2.45, 2.75) is 101 Å². The van der Waals surface area contributed by atoms with Crippen molar-refractivity contribution in [2.75, 3.05) is 0 Å². The molecular weight excluding hydrogens is 480 g/mol. The van der Waals surface area contributed by atoms with Gasteiger partial charge >= 0.3 is 0 Å². The topological polar surface area (TPSA) is 0 Å². The summed E-state index contributed by atoms with van der Waals surface area (Å²) < 4.78 is 0. The highest BCUT2D eigenvalue weighted by molar-refractivity contribution is 5.45. The summed E-state index contributed by atoms with van der Waals surface area (Å²) in [5.74, 6) is 13.5. The standard InChI is InChI=1S/C40H52/c1-31(19-13-21-33(3)25-27-37-35(5)23-15-29-39(37,7)8)17-11-12-18-32(2)20-14-22-34(4)26-28-38-36(6)24-16-30-40(38,9)10/h13,16-17,19,21,24-28,30,32H,15,18,22-23,29H2,1-10H3/b19-13+,27-25+,31-17+,33-21+,34-26+,38-28-. The van der Waals surface area contributed by atoms with Gasteiger partial charge in [0, 0.05) is 24.2 Å². The summed E-state index contributed by atoms with van der Waals surface area (Å²) in [5.41, 5.74) is 9.81. The molecule has 2 rings (SSSR count). The fraction of sp³-hybridized carbons (Fsp3) is 0.450. The molecule has 0 radical (unpaired) electrons. The van der Waals surface area contributed by atoms with Crippen LogP contribution in [0.3, 0.4) is 0 Å². The molecule has 1 atom stereocenters. The molecule has 1 unspecified atom stereocenters. The van der Waals surface area contributed by atoms with Gasteiger partial charge in [0.15, 0.2) is 0 Å². The van der Waals surface area contributed by atoms with Crippen LogP contribution in [0.15, 0.2) is 106 Å². The fourth-order valence-corrected chi connectivity index (χ4v) is 5.22. The molecule has 0 amide bonds. The Kier molecular flexibility index (Phi) is 12.8. The summed E-state index contributed by atoms with van der Waals surface area (Å²) in [5, 5.41) is 0. The molecule has 0 spiro atoms. The predicted octanol–water partition coefficient (Wildman–Crippen LogP) is 11.4. The van der Waals surface area contributed by atoms with E-state index >= 15 is 0 Å². The van der Waals surface area contributed by atoms with Crippen LogP contribution >= 0.6 is 0 Å². The lowest BCUT2D eigenvalue weighted by Gasteiger charge is -2.32. The smallest absolute Gasteiger partial charge is 0.0299 e. The molecule has 212 valence electrons. The maximum atomic E-state index is 3.37. The van der Waals surface area contributed by atoms with Gasteiger partial charge in [0.2, 0.25) is 0 Å². The zero-order valence-electron chi connectivity index (χ0n) is 27.0. The van der Waals surface area contributed by atoms with Gasteiger partial charge in [-0.05, 0) is 87.7 Å². The van der Waals surface area contributed by atoms with Crippen LogP contribution < -0.4 is 0 Å². The fourth-order valence-electron chi connectivity index (χ4n) is 5.22. The minimum atomic E-state index is 0.0767. The SMILES string of the molecule is CC1=CC=CC(C)(C)/C1=C\C=C(/C)CC#CC(C)CC#C/C=C(C)/C=C/C=C(C)/C=C/C1=C(C)CCCC1(C)C. The van der Waals surface area contributed by atoms with Gasteiger partial charge in [-0.3, -0.25) is 0 Å². The Morgan fingerprint density at radius 3 is 2.45 bits per heavy atom. The first-order valence-corrected chi connectivity index (χ1v) is 14.9. The summed E-state index contributed by atoms with van der Waals surface area (Å²) in [4.78, 5) is 0. The molecule has 0 nitrogen and oxygen atoms in total. The van der Waals surface area contributed by atoms with E-state index in [0.29, 0.717) is 0 Å². The first-order valence-electron chi connectivity index (χ1n) is 14.9. The monoisotopic (exact) mass is 532 g/mol. The Hall–Kier alpha value is -3.22. The number of allylic oxidation sites excluding steroid dienone is 18. The van der Waals surface area contributed by atoms with E-state index in [4.69, 9.17) is 0 Å². The van der Waals surface area contributed by atoms with Gasteiger partial charge in [0.25, 0.3) is 0 Å².